The first kappa shape index (κ1) is 14.0. The van der Waals surface area contributed by atoms with Crippen molar-refractivity contribution in [3.63, 3.8) is 0 Å². The van der Waals surface area contributed by atoms with Crippen LogP contribution in [0.3, 0.4) is 0 Å². The van der Waals surface area contributed by atoms with Gasteiger partial charge in [-0.05, 0) is 36.8 Å². The Morgan fingerprint density at radius 2 is 1.91 bits per heavy atom. The standard InChI is InChI=1S/C17H17N3S2/c18-15-14-12-8-4-5-9-13(12)22-16(14)20-17(19-15)21-10-11-6-2-1-3-7-11/h1-3,6-7H,4-5,8-10H2,(H2,18,19,20). The Morgan fingerprint density at radius 3 is 2.77 bits per heavy atom. The minimum absolute atomic E-state index is 0.653. The molecule has 1 aliphatic carbocycles. The molecule has 0 spiro atoms. The molecule has 0 saturated carbocycles. The van der Waals surface area contributed by atoms with E-state index < -0.39 is 0 Å². The molecule has 2 N–H and O–H groups in total. The van der Waals surface area contributed by atoms with Crippen molar-refractivity contribution < 1.29 is 0 Å². The third kappa shape index (κ3) is 2.59. The summed E-state index contributed by atoms with van der Waals surface area (Å²) in [5, 5.41) is 1.90. The molecule has 5 heteroatoms. The lowest BCUT2D eigenvalue weighted by Gasteiger charge is -2.10. The Morgan fingerprint density at radius 1 is 1.09 bits per heavy atom. The number of rotatable bonds is 3. The lowest BCUT2D eigenvalue weighted by Crippen LogP contribution is -2.01. The SMILES string of the molecule is Nc1nc(SCc2ccccc2)nc2sc3c(c12)CCCC3. The van der Waals surface area contributed by atoms with Gasteiger partial charge in [0.25, 0.3) is 0 Å². The highest BCUT2D eigenvalue weighted by Gasteiger charge is 2.20. The summed E-state index contributed by atoms with van der Waals surface area (Å²) in [5.74, 6) is 1.52. The van der Waals surface area contributed by atoms with Crippen LogP contribution in [0, 0.1) is 0 Å². The van der Waals surface area contributed by atoms with E-state index in [-0.39, 0.29) is 0 Å². The van der Waals surface area contributed by atoms with Gasteiger partial charge >= 0.3 is 0 Å². The number of thioether (sulfide) groups is 1. The highest BCUT2D eigenvalue weighted by atomic mass is 32.2. The molecule has 0 aliphatic heterocycles. The summed E-state index contributed by atoms with van der Waals surface area (Å²) in [4.78, 5) is 11.8. The summed E-state index contributed by atoms with van der Waals surface area (Å²) < 4.78 is 0. The van der Waals surface area contributed by atoms with E-state index in [1.807, 2.05) is 6.07 Å². The topological polar surface area (TPSA) is 51.8 Å². The van der Waals surface area contributed by atoms with E-state index in [9.17, 15) is 0 Å². The zero-order valence-electron chi connectivity index (χ0n) is 12.2. The molecule has 3 nitrogen and oxygen atoms in total. The van der Waals surface area contributed by atoms with Crippen molar-refractivity contribution in [2.45, 2.75) is 36.6 Å². The number of nitrogens with two attached hydrogens (primary N) is 1. The summed E-state index contributed by atoms with van der Waals surface area (Å²) in [6, 6.07) is 10.4. The summed E-state index contributed by atoms with van der Waals surface area (Å²) in [6.45, 7) is 0. The van der Waals surface area contributed by atoms with Crippen LogP contribution in [0.15, 0.2) is 35.5 Å². The molecular weight excluding hydrogens is 310 g/mol. The van der Waals surface area contributed by atoms with Gasteiger partial charge in [-0.15, -0.1) is 11.3 Å². The van der Waals surface area contributed by atoms with E-state index in [0.29, 0.717) is 5.82 Å². The smallest absolute Gasteiger partial charge is 0.191 e. The second-order valence-corrected chi connectivity index (χ2v) is 7.58. The second-order valence-electron chi connectivity index (χ2n) is 5.56. The molecule has 0 amide bonds. The Bertz CT molecular complexity index is 812. The van der Waals surface area contributed by atoms with Gasteiger partial charge in [-0.3, -0.25) is 0 Å². The number of hydrogen-bond acceptors (Lipinski definition) is 5. The molecule has 3 aromatic rings. The average molecular weight is 327 g/mol. The molecule has 0 atom stereocenters. The number of nitrogens with zero attached hydrogens (tertiary/aromatic N) is 2. The summed E-state index contributed by atoms with van der Waals surface area (Å²) in [5.41, 5.74) is 8.92. The maximum Gasteiger partial charge on any atom is 0.191 e. The third-order valence-electron chi connectivity index (χ3n) is 4.03. The highest BCUT2D eigenvalue weighted by molar-refractivity contribution is 7.98. The molecule has 0 fully saturated rings. The lowest BCUT2D eigenvalue weighted by molar-refractivity contribution is 0.700. The molecule has 0 saturated heterocycles. The van der Waals surface area contributed by atoms with Gasteiger partial charge in [0, 0.05) is 10.6 Å². The normalized spacial score (nSPS) is 14.2. The van der Waals surface area contributed by atoms with Crippen LogP contribution >= 0.6 is 23.1 Å². The predicted molar refractivity (Wildman–Crippen MR) is 94.5 cm³/mol. The van der Waals surface area contributed by atoms with Gasteiger partial charge in [0.05, 0.1) is 5.39 Å². The molecule has 0 unspecified atom stereocenters. The molecule has 2 aromatic heterocycles. The quantitative estimate of drug-likeness (QED) is 0.570. The van der Waals surface area contributed by atoms with Gasteiger partial charge in [-0.2, -0.15) is 0 Å². The zero-order valence-corrected chi connectivity index (χ0v) is 13.8. The number of fused-ring (bicyclic) bond motifs is 3. The molecule has 2 heterocycles. The van der Waals surface area contributed by atoms with Gasteiger partial charge in [-0.1, -0.05) is 42.1 Å². The molecule has 112 valence electrons. The monoisotopic (exact) mass is 327 g/mol. The van der Waals surface area contributed by atoms with Crippen molar-refractivity contribution in [3.05, 3.63) is 46.3 Å². The first-order chi connectivity index (χ1) is 10.8. The molecule has 1 aliphatic rings. The number of hydrogen-bond donors (Lipinski definition) is 1. The van der Waals surface area contributed by atoms with Crippen molar-refractivity contribution in [3.8, 4) is 0 Å². The number of thiophene rings is 1. The average Bonchev–Trinajstić information content (AvgIpc) is 2.92. The number of anilines is 1. The largest absolute Gasteiger partial charge is 0.383 e. The van der Waals surface area contributed by atoms with Crippen LogP contribution in [0.5, 0.6) is 0 Å². The van der Waals surface area contributed by atoms with Crippen LogP contribution in [0.25, 0.3) is 10.2 Å². The van der Waals surface area contributed by atoms with E-state index in [0.717, 1.165) is 27.5 Å². The van der Waals surface area contributed by atoms with Crippen LogP contribution in [0.2, 0.25) is 0 Å². The van der Waals surface area contributed by atoms with Gasteiger partial charge < -0.3 is 5.73 Å². The lowest BCUT2D eigenvalue weighted by atomic mass is 9.97. The highest BCUT2D eigenvalue weighted by Crippen LogP contribution is 2.38. The van der Waals surface area contributed by atoms with Crippen molar-refractivity contribution >= 4 is 39.1 Å². The summed E-state index contributed by atoms with van der Waals surface area (Å²) in [6.07, 6.45) is 4.83. The van der Waals surface area contributed by atoms with Crippen molar-refractivity contribution in [1.82, 2.24) is 9.97 Å². The fourth-order valence-electron chi connectivity index (χ4n) is 2.95. The van der Waals surface area contributed by atoms with Crippen molar-refractivity contribution in [2.24, 2.45) is 0 Å². The fraction of sp³-hybridized carbons (Fsp3) is 0.294. The fourth-order valence-corrected chi connectivity index (χ4v) is 5.09. The minimum Gasteiger partial charge on any atom is -0.383 e. The van der Waals surface area contributed by atoms with Crippen LogP contribution in [0.1, 0.15) is 28.8 Å². The number of nitrogen functional groups attached to an aromatic ring is 1. The van der Waals surface area contributed by atoms with E-state index >= 15 is 0 Å². The Labute approximate surface area is 138 Å². The van der Waals surface area contributed by atoms with Crippen LogP contribution < -0.4 is 5.73 Å². The second kappa shape index (κ2) is 5.89. The molecule has 4 rings (SSSR count). The first-order valence-electron chi connectivity index (χ1n) is 7.56. The number of benzene rings is 1. The molecular formula is C17H17N3S2. The van der Waals surface area contributed by atoms with E-state index in [4.69, 9.17) is 10.7 Å². The third-order valence-corrected chi connectivity index (χ3v) is 6.14. The van der Waals surface area contributed by atoms with Crippen LogP contribution in [0.4, 0.5) is 5.82 Å². The summed E-state index contributed by atoms with van der Waals surface area (Å²) >= 11 is 3.46. The minimum atomic E-state index is 0.653. The maximum atomic E-state index is 6.24. The molecule has 22 heavy (non-hydrogen) atoms. The molecule has 1 aromatic carbocycles. The van der Waals surface area contributed by atoms with Crippen molar-refractivity contribution in [2.75, 3.05) is 5.73 Å². The van der Waals surface area contributed by atoms with Gasteiger partial charge in [0.15, 0.2) is 5.16 Å². The Kier molecular flexibility index (Phi) is 3.76. The van der Waals surface area contributed by atoms with Crippen LogP contribution in [-0.4, -0.2) is 9.97 Å². The van der Waals surface area contributed by atoms with Gasteiger partial charge in [-0.25, -0.2) is 9.97 Å². The maximum absolute atomic E-state index is 6.24. The number of aryl methyl sites for hydroxylation is 2. The van der Waals surface area contributed by atoms with E-state index in [2.05, 4.69) is 29.2 Å². The first-order valence-corrected chi connectivity index (χ1v) is 9.36. The van der Waals surface area contributed by atoms with Crippen molar-refractivity contribution in [1.29, 1.82) is 0 Å². The Balaban J connectivity index is 1.65. The summed E-state index contributed by atoms with van der Waals surface area (Å²) in [7, 11) is 0. The number of aromatic nitrogens is 2. The van der Waals surface area contributed by atoms with Gasteiger partial charge in [0.1, 0.15) is 10.6 Å². The molecule has 0 radical (unpaired) electrons. The van der Waals surface area contributed by atoms with Crippen LogP contribution in [-0.2, 0) is 18.6 Å². The van der Waals surface area contributed by atoms with E-state index in [1.54, 1.807) is 23.1 Å². The van der Waals surface area contributed by atoms with Gasteiger partial charge in [0.2, 0.25) is 0 Å². The van der Waals surface area contributed by atoms with E-state index in [1.165, 1.54) is 35.3 Å². The zero-order chi connectivity index (χ0) is 14.9. The predicted octanol–water partition coefficient (Wildman–Crippen LogP) is 4.44. The Hall–Kier alpha value is -1.59. The molecule has 0 bridgehead atoms.